The molecule has 3 nitrogen and oxygen atoms in total. The molecule has 0 radical (unpaired) electrons. The molecule has 5 unspecified atom stereocenters. The van der Waals surface area contributed by atoms with Gasteiger partial charge in [0.2, 0.25) is 5.91 Å². The Kier molecular flexibility index (Phi) is 3.84. The van der Waals surface area contributed by atoms with E-state index in [1.54, 1.807) is 0 Å². The molecule has 0 aromatic carbocycles. The fraction of sp³-hybridized carbons (Fsp3) is 0.938. The number of rotatable bonds is 1. The largest absolute Gasteiger partial charge is 0.341 e. The monoisotopic (exact) mass is 264 g/mol. The Morgan fingerprint density at radius 3 is 2.63 bits per heavy atom. The van der Waals surface area contributed by atoms with Crippen LogP contribution in [0.1, 0.15) is 52.4 Å². The van der Waals surface area contributed by atoms with Gasteiger partial charge in [0.25, 0.3) is 0 Å². The van der Waals surface area contributed by atoms with Crippen LogP contribution in [0.3, 0.4) is 0 Å². The van der Waals surface area contributed by atoms with Crippen molar-refractivity contribution >= 4 is 5.91 Å². The quantitative estimate of drug-likeness (QED) is 0.789. The van der Waals surface area contributed by atoms with Crippen LogP contribution in [-0.4, -0.2) is 36.0 Å². The molecule has 2 saturated heterocycles. The lowest BCUT2D eigenvalue weighted by molar-refractivity contribution is -0.135. The standard InChI is InChI=1S/C16H28N2O/c1-11-7-8-18(10-12(11)2)16(19)15-9-13-5-3-4-6-14(13)17-15/h11-15,17H,3-10H2,1-2H3. The van der Waals surface area contributed by atoms with Crippen LogP contribution >= 0.6 is 0 Å². The summed E-state index contributed by atoms with van der Waals surface area (Å²) in [5.74, 6) is 2.57. The van der Waals surface area contributed by atoms with Crippen molar-refractivity contribution in [1.82, 2.24) is 10.2 Å². The lowest BCUT2D eigenvalue weighted by Crippen LogP contribution is -2.50. The van der Waals surface area contributed by atoms with Crippen molar-refractivity contribution in [2.24, 2.45) is 17.8 Å². The normalized spacial score (nSPS) is 43.1. The van der Waals surface area contributed by atoms with E-state index in [1.165, 1.54) is 32.1 Å². The molecule has 3 aliphatic rings. The number of nitrogens with one attached hydrogen (secondary N) is 1. The summed E-state index contributed by atoms with van der Waals surface area (Å²) in [5.41, 5.74) is 0. The molecule has 1 aliphatic carbocycles. The molecule has 1 N–H and O–H groups in total. The minimum absolute atomic E-state index is 0.119. The Bertz CT molecular complexity index is 330. The van der Waals surface area contributed by atoms with Crippen molar-refractivity contribution < 1.29 is 4.79 Å². The summed E-state index contributed by atoms with van der Waals surface area (Å²) in [7, 11) is 0. The minimum atomic E-state index is 0.119. The Morgan fingerprint density at radius 2 is 1.89 bits per heavy atom. The van der Waals surface area contributed by atoms with Crippen molar-refractivity contribution in [3.63, 3.8) is 0 Å². The van der Waals surface area contributed by atoms with Gasteiger partial charge in [0.05, 0.1) is 6.04 Å². The minimum Gasteiger partial charge on any atom is -0.341 e. The third-order valence-electron chi connectivity index (χ3n) is 5.81. The number of nitrogens with zero attached hydrogens (tertiary/aromatic N) is 1. The van der Waals surface area contributed by atoms with E-state index in [1.807, 2.05) is 0 Å². The second kappa shape index (κ2) is 5.43. The summed E-state index contributed by atoms with van der Waals surface area (Å²) in [6.45, 7) is 6.53. The van der Waals surface area contributed by atoms with Crippen LogP contribution < -0.4 is 5.32 Å². The lowest BCUT2D eigenvalue weighted by Gasteiger charge is -2.36. The van der Waals surface area contributed by atoms with E-state index in [9.17, 15) is 4.79 Å². The van der Waals surface area contributed by atoms with E-state index < -0.39 is 0 Å². The fourth-order valence-corrected chi connectivity index (χ4v) is 4.19. The maximum Gasteiger partial charge on any atom is 0.239 e. The zero-order chi connectivity index (χ0) is 13.4. The van der Waals surface area contributed by atoms with Gasteiger partial charge >= 0.3 is 0 Å². The van der Waals surface area contributed by atoms with Crippen molar-refractivity contribution in [2.45, 2.75) is 64.5 Å². The molecular weight excluding hydrogens is 236 g/mol. The Balaban J connectivity index is 1.59. The molecule has 19 heavy (non-hydrogen) atoms. The SMILES string of the molecule is CC1CCN(C(=O)C2CC3CCCCC3N2)CC1C. The molecule has 0 aromatic heterocycles. The van der Waals surface area contributed by atoms with E-state index in [0.29, 0.717) is 17.9 Å². The molecule has 0 bridgehead atoms. The molecular formula is C16H28N2O. The van der Waals surface area contributed by atoms with Crippen molar-refractivity contribution in [1.29, 1.82) is 0 Å². The predicted octanol–water partition coefficient (Wildman–Crippen LogP) is 2.41. The van der Waals surface area contributed by atoms with Gasteiger partial charge in [0.15, 0.2) is 0 Å². The Morgan fingerprint density at radius 1 is 1.11 bits per heavy atom. The van der Waals surface area contributed by atoms with E-state index in [4.69, 9.17) is 0 Å². The van der Waals surface area contributed by atoms with E-state index >= 15 is 0 Å². The first kappa shape index (κ1) is 13.4. The number of amides is 1. The molecule has 3 rings (SSSR count). The first-order chi connectivity index (χ1) is 9.15. The van der Waals surface area contributed by atoms with Crippen LogP contribution in [0.5, 0.6) is 0 Å². The molecule has 1 saturated carbocycles. The molecule has 3 fully saturated rings. The second-order valence-electron chi connectivity index (χ2n) is 7.13. The summed E-state index contributed by atoms with van der Waals surface area (Å²) < 4.78 is 0. The third kappa shape index (κ3) is 2.67. The highest BCUT2D eigenvalue weighted by Crippen LogP contribution is 2.34. The van der Waals surface area contributed by atoms with Crippen LogP contribution in [0.15, 0.2) is 0 Å². The van der Waals surface area contributed by atoms with Gasteiger partial charge in [-0.2, -0.15) is 0 Å². The van der Waals surface area contributed by atoms with E-state index in [0.717, 1.165) is 31.3 Å². The zero-order valence-electron chi connectivity index (χ0n) is 12.4. The van der Waals surface area contributed by atoms with Crippen LogP contribution in [-0.2, 0) is 4.79 Å². The number of hydrogen-bond donors (Lipinski definition) is 1. The van der Waals surface area contributed by atoms with Crippen molar-refractivity contribution in [3.8, 4) is 0 Å². The number of carbonyl (C=O) groups excluding carboxylic acids is 1. The Labute approximate surface area is 117 Å². The molecule has 2 aliphatic heterocycles. The highest BCUT2D eigenvalue weighted by molar-refractivity contribution is 5.82. The summed E-state index contributed by atoms with van der Waals surface area (Å²) in [5, 5.41) is 3.62. The van der Waals surface area contributed by atoms with Crippen molar-refractivity contribution in [3.05, 3.63) is 0 Å². The molecule has 2 heterocycles. The van der Waals surface area contributed by atoms with Crippen LogP contribution in [0.4, 0.5) is 0 Å². The van der Waals surface area contributed by atoms with Gasteiger partial charge in [0.1, 0.15) is 0 Å². The third-order valence-corrected chi connectivity index (χ3v) is 5.81. The number of carbonyl (C=O) groups is 1. The van der Waals surface area contributed by atoms with E-state index in [2.05, 4.69) is 24.1 Å². The maximum absolute atomic E-state index is 12.7. The smallest absolute Gasteiger partial charge is 0.239 e. The second-order valence-corrected chi connectivity index (χ2v) is 7.13. The molecule has 0 aromatic rings. The van der Waals surface area contributed by atoms with Gasteiger partial charge in [-0.05, 0) is 43.4 Å². The van der Waals surface area contributed by atoms with Gasteiger partial charge in [-0.1, -0.05) is 26.7 Å². The number of piperidine rings is 1. The average Bonchev–Trinajstić information content (AvgIpc) is 2.85. The number of hydrogen-bond acceptors (Lipinski definition) is 2. The number of likely N-dealkylation sites (tertiary alicyclic amines) is 1. The van der Waals surface area contributed by atoms with Crippen LogP contribution in [0.2, 0.25) is 0 Å². The summed E-state index contributed by atoms with van der Waals surface area (Å²) in [4.78, 5) is 14.8. The lowest BCUT2D eigenvalue weighted by atomic mass is 9.85. The number of fused-ring (bicyclic) bond motifs is 1. The van der Waals surface area contributed by atoms with Crippen LogP contribution in [0.25, 0.3) is 0 Å². The van der Waals surface area contributed by atoms with Gasteiger partial charge in [-0.15, -0.1) is 0 Å². The zero-order valence-corrected chi connectivity index (χ0v) is 12.4. The van der Waals surface area contributed by atoms with Gasteiger partial charge < -0.3 is 10.2 Å². The van der Waals surface area contributed by atoms with Gasteiger partial charge in [-0.25, -0.2) is 0 Å². The first-order valence-electron chi connectivity index (χ1n) is 8.20. The topological polar surface area (TPSA) is 32.3 Å². The average molecular weight is 264 g/mol. The van der Waals surface area contributed by atoms with Crippen molar-refractivity contribution in [2.75, 3.05) is 13.1 Å². The molecule has 108 valence electrons. The van der Waals surface area contributed by atoms with Gasteiger partial charge in [-0.3, -0.25) is 4.79 Å². The molecule has 1 amide bonds. The summed E-state index contributed by atoms with van der Waals surface area (Å²) in [6.07, 6.45) is 7.57. The predicted molar refractivity (Wildman–Crippen MR) is 76.8 cm³/mol. The maximum atomic E-state index is 12.7. The Hall–Kier alpha value is -0.570. The summed E-state index contributed by atoms with van der Waals surface area (Å²) >= 11 is 0. The first-order valence-corrected chi connectivity index (χ1v) is 8.20. The molecule has 0 spiro atoms. The molecule has 3 heteroatoms. The fourth-order valence-electron chi connectivity index (χ4n) is 4.19. The van der Waals surface area contributed by atoms with Gasteiger partial charge in [0, 0.05) is 19.1 Å². The van der Waals surface area contributed by atoms with E-state index in [-0.39, 0.29) is 6.04 Å². The highest BCUT2D eigenvalue weighted by atomic mass is 16.2. The highest BCUT2D eigenvalue weighted by Gasteiger charge is 2.40. The van der Waals surface area contributed by atoms with Crippen LogP contribution in [0, 0.1) is 17.8 Å². The molecule has 5 atom stereocenters. The summed E-state index contributed by atoms with van der Waals surface area (Å²) in [6, 6.07) is 0.748.